The summed E-state index contributed by atoms with van der Waals surface area (Å²) in [5.41, 5.74) is 8.27. The average molecular weight is 278 g/mol. The van der Waals surface area contributed by atoms with Crippen LogP contribution in [-0.4, -0.2) is 5.91 Å². The third-order valence-corrected chi connectivity index (χ3v) is 3.84. The SMILES string of the molecule is Cc1cscc1CNCc1ccc(C(N)=O)cc1F. The van der Waals surface area contributed by atoms with Gasteiger partial charge in [-0.2, -0.15) is 11.3 Å². The Bertz CT molecular complexity index is 595. The molecule has 1 amide bonds. The lowest BCUT2D eigenvalue weighted by Gasteiger charge is -2.07. The molecule has 0 aliphatic carbocycles. The quantitative estimate of drug-likeness (QED) is 0.883. The van der Waals surface area contributed by atoms with E-state index in [0.29, 0.717) is 18.7 Å². The lowest BCUT2D eigenvalue weighted by atomic mass is 10.1. The molecule has 0 saturated heterocycles. The van der Waals surface area contributed by atoms with Crippen molar-refractivity contribution in [2.24, 2.45) is 5.73 Å². The highest BCUT2D eigenvalue weighted by Crippen LogP contribution is 2.14. The van der Waals surface area contributed by atoms with Crippen molar-refractivity contribution in [3.63, 3.8) is 0 Å². The van der Waals surface area contributed by atoms with Gasteiger partial charge in [-0.05, 0) is 40.9 Å². The number of primary amides is 1. The van der Waals surface area contributed by atoms with Crippen LogP contribution in [0.2, 0.25) is 0 Å². The molecule has 5 heteroatoms. The Morgan fingerprint density at radius 2 is 2.05 bits per heavy atom. The number of benzene rings is 1. The van der Waals surface area contributed by atoms with Crippen LogP contribution in [0.4, 0.5) is 4.39 Å². The van der Waals surface area contributed by atoms with Gasteiger partial charge in [-0.25, -0.2) is 4.39 Å². The number of aryl methyl sites for hydroxylation is 1. The molecule has 0 fully saturated rings. The van der Waals surface area contributed by atoms with Crippen molar-refractivity contribution in [2.75, 3.05) is 0 Å². The fraction of sp³-hybridized carbons (Fsp3) is 0.214. The number of nitrogens with two attached hydrogens (primary N) is 1. The highest BCUT2D eigenvalue weighted by Gasteiger charge is 2.07. The molecular weight excluding hydrogens is 263 g/mol. The topological polar surface area (TPSA) is 55.1 Å². The van der Waals surface area contributed by atoms with Gasteiger partial charge in [0.25, 0.3) is 0 Å². The van der Waals surface area contributed by atoms with Gasteiger partial charge in [-0.15, -0.1) is 0 Å². The van der Waals surface area contributed by atoms with Gasteiger partial charge in [0.2, 0.25) is 5.91 Å². The monoisotopic (exact) mass is 278 g/mol. The Balaban J connectivity index is 1.96. The van der Waals surface area contributed by atoms with E-state index in [0.717, 1.165) is 0 Å². The lowest BCUT2D eigenvalue weighted by Crippen LogP contribution is -2.15. The van der Waals surface area contributed by atoms with Crippen LogP contribution in [0.15, 0.2) is 29.0 Å². The second-order valence-corrected chi connectivity index (χ2v) is 5.10. The van der Waals surface area contributed by atoms with Crippen LogP contribution in [0.3, 0.4) is 0 Å². The molecule has 0 bridgehead atoms. The summed E-state index contributed by atoms with van der Waals surface area (Å²) < 4.78 is 13.7. The van der Waals surface area contributed by atoms with Crippen molar-refractivity contribution in [2.45, 2.75) is 20.0 Å². The van der Waals surface area contributed by atoms with E-state index in [2.05, 4.69) is 23.0 Å². The molecule has 1 aromatic heterocycles. The summed E-state index contributed by atoms with van der Waals surface area (Å²) in [4.78, 5) is 10.9. The number of rotatable bonds is 5. The molecule has 0 unspecified atom stereocenters. The summed E-state index contributed by atoms with van der Waals surface area (Å²) in [6.45, 7) is 3.17. The summed E-state index contributed by atoms with van der Waals surface area (Å²) in [6, 6.07) is 4.30. The van der Waals surface area contributed by atoms with Gasteiger partial charge in [0.05, 0.1) is 0 Å². The number of carbonyl (C=O) groups is 1. The molecule has 0 spiro atoms. The zero-order valence-electron chi connectivity index (χ0n) is 10.6. The smallest absolute Gasteiger partial charge is 0.248 e. The molecule has 100 valence electrons. The van der Waals surface area contributed by atoms with Crippen molar-refractivity contribution in [3.05, 3.63) is 57.0 Å². The van der Waals surface area contributed by atoms with Crippen molar-refractivity contribution < 1.29 is 9.18 Å². The van der Waals surface area contributed by atoms with Crippen molar-refractivity contribution in [1.29, 1.82) is 0 Å². The van der Waals surface area contributed by atoms with Gasteiger partial charge in [0, 0.05) is 24.2 Å². The van der Waals surface area contributed by atoms with Crippen LogP contribution >= 0.6 is 11.3 Å². The zero-order chi connectivity index (χ0) is 13.8. The molecule has 0 radical (unpaired) electrons. The van der Waals surface area contributed by atoms with Crippen molar-refractivity contribution >= 4 is 17.2 Å². The third-order valence-electron chi connectivity index (χ3n) is 2.93. The molecule has 1 heterocycles. The first kappa shape index (κ1) is 13.7. The number of hydrogen-bond donors (Lipinski definition) is 2. The van der Waals surface area contributed by atoms with Crippen LogP contribution in [0.25, 0.3) is 0 Å². The molecule has 3 nitrogen and oxygen atoms in total. The fourth-order valence-electron chi connectivity index (χ4n) is 1.74. The minimum atomic E-state index is -0.618. The van der Waals surface area contributed by atoms with E-state index in [4.69, 9.17) is 5.73 Å². The molecular formula is C14H15FN2OS. The van der Waals surface area contributed by atoms with Crippen LogP contribution in [0, 0.1) is 12.7 Å². The molecule has 0 aliphatic rings. The van der Waals surface area contributed by atoms with E-state index in [-0.39, 0.29) is 5.56 Å². The van der Waals surface area contributed by atoms with Crippen LogP contribution in [-0.2, 0) is 13.1 Å². The number of carbonyl (C=O) groups excluding carboxylic acids is 1. The predicted molar refractivity (Wildman–Crippen MR) is 74.5 cm³/mol. The number of nitrogens with one attached hydrogen (secondary N) is 1. The Kier molecular flexibility index (Phi) is 4.29. The van der Waals surface area contributed by atoms with Gasteiger partial charge in [-0.3, -0.25) is 4.79 Å². The molecule has 0 saturated carbocycles. The van der Waals surface area contributed by atoms with E-state index in [1.54, 1.807) is 17.4 Å². The highest BCUT2D eigenvalue weighted by molar-refractivity contribution is 7.08. The van der Waals surface area contributed by atoms with E-state index in [1.807, 2.05) is 0 Å². The van der Waals surface area contributed by atoms with Gasteiger partial charge < -0.3 is 11.1 Å². The third kappa shape index (κ3) is 3.39. The summed E-state index contributed by atoms with van der Waals surface area (Å²) in [7, 11) is 0. The lowest BCUT2D eigenvalue weighted by molar-refractivity contribution is 0.1000. The Hall–Kier alpha value is -1.72. The number of thiophene rings is 1. The molecule has 0 aliphatic heterocycles. The molecule has 19 heavy (non-hydrogen) atoms. The largest absolute Gasteiger partial charge is 0.366 e. The molecule has 0 atom stereocenters. The maximum absolute atomic E-state index is 13.7. The van der Waals surface area contributed by atoms with E-state index >= 15 is 0 Å². The van der Waals surface area contributed by atoms with Gasteiger partial charge >= 0.3 is 0 Å². The van der Waals surface area contributed by atoms with Gasteiger partial charge in [0.1, 0.15) is 5.82 Å². The number of hydrogen-bond acceptors (Lipinski definition) is 3. The Labute approximate surface area is 115 Å². The number of amides is 1. The van der Waals surface area contributed by atoms with Gasteiger partial charge in [-0.1, -0.05) is 6.07 Å². The number of halogens is 1. The predicted octanol–water partition coefficient (Wildman–Crippen LogP) is 2.58. The van der Waals surface area contributed by atoms with Crippen LogP contribution < -0.4 is 11.1 Å². The van der Waals surface area contributed by atoms with E-state index in [1.165, 1.54) is 23.3 Å². The first-order valence-electron chi connectivity index (χ1n) is 5.88. The zero-order valence-corrected chi connectivity index (χ0v) is 11.4. The van der Waals surface area contributed by atoms with Crippen LogP contribution in [0.1, 0.15) is 27.0 Å². The first-order chi connectivity index (χ1) is 9.08. The summed E-state index contributed by atoms with van der Waals surface area (Å²) in [5.74, 6) is -1.03. The highest BCUT2D eigenvalue weighted by atomic mass is 32.1. The standard InChI is InChI=1S/C14H15FN2OS/c1-9-7-19-8-12(9)6-17-5-11-3-2-10(14(16)18)4-13(11)15/h2-4,7-8,17H,5-6H2,1H3,(H2,16,18). The Morgan fingerprint density at radius 3 is 2.63 bits per heavy atom. The first-order valence-corrected chi connectivity index (χ1v) is 6.83. The van der Waals surface area contributed by atoms with Crippen LogP contribution in [0.5, 0.6) is 0 Å². The molecule has 1 aromatic carbocycles. The molecule has 2 aromatic rings. The average Bonchev–Trinajstić information content (AvgIpc) is 2.77. The Morgan fingerprint density at radius 1 is 1.32 bits per heavy atom. The maximum atomic E-state index is 13.7. The molecule has 3 N–H and O–H groups in total. The van der Waals surface area contributed by atoms with Crippen molar-refractivity contribution in [1.82, 2.24) is 5.32 Å². The summed E-state index contributed by atoms with van der Waals surface area (Å²) >= 11 is 1.66. The summed E-state index contributed by atoms with van der Waals surface area (Å²) in [5, 5.41) is 7.35. The fourth-order valence-corrected chi connectivity index (χ4v) is 2.60. The van der Waals surface area contributed by atoms with Gasteiger partial charge in [0.15, 0.2) is 0 Å². The maximum Gasteiger partial charge on any atom is 0.248 e. The van der Waals surface area contributed by atoms with E-state index in [9.17, 15) is 9.18 Å². The second kappa shape index (κ2) is 5.95. The minimum absolute atomic E-state index is 0.190. The van der Waals surface area contributed by atoms with Crippen molar-refractivity contribution in [3.8, 4) is 0 Å². The normalized spacial score (nSPS) is 10.6. The second-order valence-electron chi connectivity index (χ2n) is 4.35. The summed E-state index contributed by atoms with van der Waals surface area (Å²) in [6.07, 6.45) is 0. The van der Waals surface area contributed by atoms with E-state index < -0.39 is 11.7 Å². The minimum Gasteiger partial charge on any atom is -0.366 e. The molecule has 2 rings (SSSR count).